The highest BCUT2D eigenvalue weighted by Crippen LogP contribution is 2.63. The number of aliphatic hydroxyl groups excluding tert-OH is 1. The lowest BCUT2D eigenvalue weighted by Gasteiger charge is -2.60. The SMILES string of the molecule is C=C[C@]1(C)C=C2CCC3[C@](C)(CO)CCC[C@]3(C)C2CC1. The third-order valence-electron chi connectivity index (χ3n) is 7.38. The maximum Gasteiger partial charge on any atom is 0.0487 e. The second-order valence-electron chi connectivity index (χ2n) is 8.78. The topological polar surface area (TPSA) is 20.2 Å². The van der Waals surface area contributed by atoms with Crippen LogP contribution in [0.15, 0.2) is 24.3 Å². The van der Waals surface area contributed by atoms with E-state index in [0.29, 0.717) is 17.9 Å². The minimum Gasteiger partial charge on any atom is -0.396 e. The minimum atomic E-state index is 0.151. The molecule has 0 heterocycles. The molecule has 0 saturated heterocycles. The van der Waals surface area contributed by atoms with E-state index in [1.54, 1.807) is 5.57 Å². The molecule has 3 aliphatic carbocycles. The molecule has 2 unspecified atom stereocenters. The number of hydrogen-bond acceptors (Lipinski definition) is 1. The van der Waals surface area contributed by atoms with Crippen LogP contribution in [0.4, 0.5) is 0 Å². The summed E-state index contributed by atoms with van der Waals surface area (Å²) in [5.41, 5.74) is 2.47. The molecule has 5 atom stereocenters. The molecular weight excluding hydrogens is 256 g/mol. The van der Waals surface area contributed by atoms with Gasteiger partial charge in [0.05, 0.1) is 0 Å². The molecule has 118 valence electrons. The maximum atomic E-state index is 9.99. The summed E-state index contributed by atoms with van der Waals surface area (Å²) in [5.74, 6) is 1.44. The van der Waals surface area contributed by atoms with Gasteiger partial charge >= 0.3 is 0 Å². The summed E-state index contributed by atoms with van der Waals surface area (Å²) in [7, 11) is 0. The van der Waals surface area contributed by atoms with E-state index in [2.05, 4.69) is 39.5 Å². The number of rotatable bonds is 2. The molecule has 0 radical (unpaired) electrons. The van der Waals surface area contributed by atoms with Gasteiger partial charge in [0, 0.05) is 12.0 Å². The highest BCUT2D eigenvalue weighted by Gasteiger charge is 2.55. The van der Waals surface area contributed by atoms with Gasteiger partial charge in [-0.2, -0.15) is 0 Å². The van der Waals surface area contributed by atoms with Crippen LogP contribution in [0, 0.1) is 28.1 Å². The zero-order valence-corrected chi connectivity index (χ0v) is 14.1. The van der Waals surface area contributed by atoms with Crippen molar-refractivity contribution in [2.75, 3.05) is 6.61 Å². The average molecular weight is 288 g/mol. The van der Waals surface area contributed by atoms with Crippen LogP contribution in [0.25, 0.3) is 0 Å². The van der Waals surface area contributed by atoms with Crippen LogP contribution in [0.2, 0.25) is 0 Å². The fourth-order valence-electron chi connectivity index (χ4n) is 6.01. The summed E-state index contributed by atoms with van der Waals surface area (Å²) in [5, 5.41) is 9.99. The lowest BCUT2D eigenvalue weighted by atomic mass is 9.45. The summed E-state index contributed by atoms with van der Waals surface area (Å²) >= 11 is 0. The van der Waals surface area contributed by atoms with Crippen molar-refractivity contribution in [1.29, 1.82) is 0 Å². The summed E-state index contributed by atoms with van der Waals surface area (Å²) in [4.78, 5) is 0. The van der Waals surface area contributed by atoms with E-state index in [0.717, 1.165) is 5.92 Å². The zero-order valence-electron chi connectivity index (χ0n) is 14.1. The highest BCUT2D eigenvalue weighted by molar-refractivity contribution is 5.26. The summed E-state index contributed by atoms with van der Waals surface area (Å²) in [6, 6.07) is 0. The van der Waals surface area contributed by atoms with Crippen molar-refractivity contribution in [2.45, 2.75) is 65.7 Å². The van der Waals surface area contributed by atoms with Gasteiger partial charge in [0.25, 0.3) is 0 Å². The Morgan fingerprint density at radius 1 is 1.24 bits per heavy atom. The molecule has 0 aromatic heterocycles. The van der Waals surface area contributed by atoms with Crippen molar-refractivity contribution >= 4 is 0 Å². The highest BCUT2D eigenvalue weighted by atomic mass is 16.3. The first kappa shape index (κ1) is 15.3. The Kier molecular flexibility index (Phi) is 3.64. The van der Waals surface area contributed by atoms with Crippen LogP contribution in [0.1, 0.15) is 65.7 Å². The van der Waals surface area contributed by atoms with Crippen molar-refractivity contribution in [3.05, 3.63) is 24.3 Å². The van der Waals surface area contributed by atoms with Gasteiger partial charge in [0.2, 0.25) is 0 Å². The average Bonchev–Trinajstić information content (AvgIpc) is 2.46. The molecule has 3 aliphatic rings. The van der Waals surface area contributed by atoms with Gasteiger partial charge in [-0.1, -0.05) is 44.9 Å². The molecule has 21 heavy (non-hydrogen) atoms. The number of aliphatic hydroxyl groups is 1. The molecule has 2 saturated carbocycles. The fraction of sp³-hybridized carbons (Fsp3) is 0.800. The normalized spacial score (nSPS) is 49.8. The Bertz CT molecular complexity index is 464. The summed E-state index contributed by atoms with van der Waals surface area (Å²) < 4.78 is 0. The Labute approximate surface area is 130 Å². The van der Waals surface area contributed by atoms with Gasteiger partial charge in [-0.25, -0.2) is 0 Å². The molecule has 1 heteroatoms. The van der Waals surface area contributed by atoms with Crippen molar-refractivity contribution in [1.82, 2.24) is 0 Å². The first-order chi connectivity index (χ1) is 9.87. The molecule has 2 fully saturated rings. The van der Waals surface area contributed by atoms with E-state index in [9.17, 15) is 5.11 Å². The number of allylic oxidation sites excluding steroid dienone is 3. The van der Waals surface area contributed by atoms with E-state index in [4.69, 9.17) is 0 Å². The van der Waals surface area contributed by atoms with E-state index in [1.807, 2.05) is 0 Å². The lowest BCUT2D eigenvalue weighted by Crippen LogP contribution is -2.52. The van der Waals surface area contributed by atoms with E-state index >= 15 is 0 Å². The van der Waals surface area contributed by atoms with E-state index in [-0.39, 0.29) is 10.8 Å². The smallest absolute Gasteiger partial charge is 0.0487 e. The standard InChI is InChI=1S/C20H32O/c1-5-18(2)12-9-16-15(13-18)7-8-17-19(3,14-21)10-6-11-20(16,17)4/h5,13,16-17,21H,1,6-12,14H2,2-4H3/t16?,17?,18-,19-,20+/m0/s1. The van der Waals surface area contributed by atoms with Gasteiger partial charge < -0.3 is 5.11 Å². The van der Waals surface area contributed by atoms with Crippen molar-refractivity contribution in [3.63, 3.8) is 0 Å². The van der Waals surface area contributed by atoms with Crippen LogP contribution >= 0.6 is 0 Å². The van der Waals surface area contributed by atoms with Crippen LogP contribution in [-0.2, 0) is 0 Å². The van der Waals surface area contributed by atoms with Crippen molar-refractivity contribution in [2.24, 2.45) is 28.1 Å². The Morgan fingerprint density at radius 2 is 2.00 bits per heavy atom. The van der Waals surface area contributed by atoms with E-state index < -0.39 is 0 Å². The van der Waals surface area contributed by atoms with Crippen molar-refractivity contribution in [3.8, 4) is 0 Å². The predicted octanol–water partition coefficient (Wildman–Crippen LogP) is 5.11. The molecule has 0 amide bonds. The first-order valence-corrected chi connectivity index (χ1v) is 8.83. The molecule has 1 N–H and O–H groups in total. The third kappa shape index (κ3) is 2.23. The quantitative estimate of drug-likeness (QED) is 0.700. The molecule has 0 spiro atoms. The molecule has 0 aliphatic heterocycles. The molecule has 0 aromatic carbocycles. The Balaban J connectivity index is 1.96. The number of fused-ring (bicyclic) bond motifs is 3. The molecular formula is C20H32O. The van der Waals surface area contributed by atoms with Crippen LogP contribution in [0.5, 0.6) is 0 Å². The van der Waals surface area contributed by atoms with E-state index in [1.165, 1.54) is 44.9 Å². The second kappa shape index (κ2) is 4.98. The summed E-state index contributed by atoms with van der Waals surface area (Å²) in [6.45, 7) is 11.6. The zero-order chi connectivity index (χ0) is 15.3. The largest absolute Gasteiger partial charge is 0.396 e. The molecule has 1 nitrogen and oxygen atoms in total. The molecule has 0 bridgehead atoms. The van der Waals surface area contributed by atoms with Gasteiger partial charge in [0.1, 0.15) is 0 Å². The first-order valence-electron chi connectivity index (χ1n) is 8.83. The molecule has 3 rings (SSSR count). The minimum absolute atomic E-state index is 0.151. The van der Waals surface area contributed by atoms with Gasteiger partial charge in [0.15, 0.2) is 0 Å². The number of hydrogen-bond donors (Lipinski definition) is 1. The van der Waals surface area contributed by atoms with Crippen LogP contribution in [-0.4, -0.2) is 11.7 Å². The Hall–Kier alpha value is -0.560. The Morgan fingerprint density at radius 3 is 2.67 bits per heavy atom. The van der Waals surface area contributed by atoms with Gasteiger partial charge in [-0.3, -0.25) is 0 Å². The maximum absolute atomic E-state index is 9.99. The van der Waals surface area contributed by atoms with Gasteiger partial charge in [-0.05, 0) is 61.2 Å². The van der Waals surface area contributed by atoms with Crippen LogP contribution in [0.3, 0.4) is 0 Å². The monoisotopic (exact) mass is 288 g/mol. The molecule has 0 aromatic rings. The third-order valence-corrected chi connectivity index (χ3v) is 7.38. The summed E-state index contributed by atoms with van der Waals surface area (Å²) in [6.07, 6.45) is 13.6. The van der Waals surface area contributed by atoms with Crippen LogP contribution < -0.4 is 0 Å². The fourth-order valence-corrected chi connectivity index (χ4v) is 6.01. The predicted molar refractivity (Wildman–Crippen MR) is 89.0 cm³/mol. The lowest BCUT2D eigenvalue weighted by molar-refractivity contribution is -0.0892. The van der Waals surface area contributed by atoms with Gasteiger partial charge in [-0.15, -0.1) is 6.58 Å². The second-order valence-corrected chi connectivity index (χ2v) is 8.78. The van der Waals surface area contributed by atoms with Crippen molar-refractivity contribution < 1.29 is 5.11 Å².